The van der Waals surface area contributed by atoms with E-state index < -0.39 is 0 Å². The molecule has 1 heterocycles. The number of likely N-dealkylation sites (tertiary alicyclic amines) is 1. The van der Waals surface area contributed by atoms with Gasteiger partial charge in [-0.05, 0) is 18.8 Å². The van der Waals surface area contributed by atoms with Crippen molar-refractivity contribution in [2.24, 2.45) is 5.92 Å². The first-order chi connectivity index (χ1) is 8.15. The van der Waals surface area contributed by atoms with Crippen LogP contribution < -0.4 is 0 Å². The smallest absolute Gasteiger partial charge is 0.222 e. The molecule has 0 aromatic carbocycles. The molecule has 0 aromatic rings. The van der Waals surface area contributed by atoms with Gasteiger partial charge < -0.3 is 4.90 Å². The maximum Gasteiger partial charge on any atom is 0.222 e. The summed E-state index contributed by atoms with van der Waals surface area (Å²) in [6.45, 7) is 6.33. The zero-order valence-corrected chi connectivity index (χ0v) is 12.8. The van der Waals surface area contributed by atoms with Gasteiger partial charge in [0.1, 0.15) is 0 Å². The average molecular weight is 304 g/mol. The van der Waals surface area contributed by atoms with Crippen molar-refractivity contribution in [2.75, 3.05) is 13.1 Å². The molecule has 1 fully saturated rings. The number of alkyl halides is 1. The normalized spacial score (nSPS) is 25.0. The molecule has 2 unspecified atom stereocenters. The topological polar surface area (TPSA) is 20.3 Å². The van der Waals surface area contributed by atoms with Crippen LogP contribution in [-0.4, -0.2) is 28.7 Å². The maximum atomic E-state index is 12.0. The Kier molecular flexibility index (Phi) is 7.17. The Morgan fingerprint density at radius 2 is 2.00 bits per heavy atom. The molecule has 100 valence electrons. The van der Waals surface area contributed by atoms with E-state index in [0.29, 0.717) is 16.7 Å². The third kappa shape index (κ3) is 5.41. The summed E-state index contributed by atoms with van der Waals surface area (Å²) < 4.78 is 0. The molecule has 2 atom stereocenters. The number of amides is 1. The van der Waals surface area contributed by atoms with E-state index in [1.165, 1.54) is 25.7 Å². The van der Waals surface area contributed by atoms with Gasteiger partial charge in [-0.3, -0.25) is 4.79 Å². The second-order valence-electron chi connectivity index (χ2n) is 5.29. The van der Waals surface area contributed by atoms with Crippen molar-refractivity contribution in [3.63, 3.8) is 0 Å². The first-order valence-corrected chi connectivity index (χ1v) is 7.98. The van der Waals surface area contributed by atoms with Gasteiger partial charge in [0.2, 0.25) is 5.91 Å². The number of carbonyl (C=O) groups excluding carboxylic acids is 1. The minimum absolute atomic E-state index is 0.359. The van der Waals surface area contributed by atoms with Gasteiger partial charge in [-0.2, -0.15) is 0 Å². The van der Waals surface area contributed by atoms with Gasteiger partial charge in [0.25, 0.3) is 0 Å². The van der Waals surface area contributed by atoms with Crippen molar-refractivity contribution < 1.29 is 4.79 Å². The molecule has 0 N–H and O–H groups in total. The fraction of sp³-hybridized carbons (Fsp3) is 0.929. The molecule has 1 rings (SSSR count). The molecule has 1 aliphatic rings. The van der Waals surface area contributed by atoms with Crippen LogP contribution >= 0.6 is 15.9 Å². The number of halogens is 1. The van der Waals surface area contributed by atoms with Crippen molar-refractivity contribution in [1.82, 2.24) is 4.90 Å². The van der Waals surface area contributed by atoms with Gasteiger partial charge >= 0.3 is 0 Å². The number of unbranched alkanes of at least 4 members (excludes halogenated alkanes) is 4. The molecule has 0 aliphatic carbocycles. The van der Waals surface area contributed by atoms with Crippen LogP contribution in [0.3, 0.4) is 0 Å². The molecule has 0 radical (unpaired) electrons. The number of nitrogens with zero attached hydrogens (tertiary/aromatic N) is 1. The van der Waals surface area contributed by atoms with Crippen LogP contribution in [0.15, 0.2) is 0 Å². The van der Waals surface area contributed by atoms with Gasteiger partial charge in [-0.25, -0.2) is 0 Å². The highest BCUT2D eigenvalue weighted by molar-refractivity contribution is 9.09. The monoisotopic (exact) mass is 303 g/mol. The highest BCUT2D eigenvalue weighted by Gasteiger charge is 2.26. The molecule has 0 bridgehead atoms. The lowest BCUT2D eigenvalue weighted by atomic mass is 9.98. The van der Waals surface area contributed by atoms with Gasteiger partial charge in [0.05, 0.1) is 0 Å². The lowest BCUT2D eigenvalue weighted by molar-refractivity contribution is -0.132. The molecule has 0 saturated carbocycles. The van der Waals surface area contributed by atoms with Crippen LogP contribution in [0, 0.1) is 5.92 Å². The Morgan fingerprint density at radius 3 is 2.65 bits per heavy atom. The Bertz CT molecular complexity index is 232. The summed E-state index contributed by atoms with van der Waals surface area (Å²) in [5.41, 5.74) is 0. The lowest BCUT2D eigenvalue weighted by Gasteiger charge is -2.34. The quantitative estimate of drug-likeness (QED) is 0.537. The summed E-state index contributed by atoms with van der Waals surface area (Å²) in [6.07, 6.45) is 8.01. The molecule has 17 heavy (non-hydrogen) atoms. The van der Waals surface area contributed by atoms with Crippen molar-refractivity contribution in [2.45, 2.75) is 63.6 Å². The van der Waals surface area contributed by atoms with Crippen LogP contribution in [-0.2, 0) is 4.79 Å². The largest absolute Gasteiger partial charge is 0.342 e. The van der Waals surface area contributed by atoms with Gasteiger partial charge in [-0.1, -0.05) is 55.5 Å². The second kappa shape index (κ2) is 8.12. The van der Waals surface area contributed by atoms with E-state index in [1.54, 1.807) is 0 Å². The van der Waals surface area contributed by atoms with E-state index in [4.69, 9.17) is 0 Å². The number of piperidine rings is 1. The van der Waals surface area contributed by atoms with E-state index in [9.17, 15) is 4.79 Å². The average Bonchev–Trinajstić information content (AvgIpc) is 2.32. The zero-order valence-electron chi connectivity index (χ0n) is 11.3. The summed E-state index contributed by atoms with van der Waals surface area (Å²) in [5.74, 6) is 1.06. The number of carbonyl (C=O) groups is 1. The fourth-order valence-electron chi connectivity index (χ4n) is 2.29. The van der Waals surface area contributed by atoms with E-state index in [0.717, 1.165) is 32.4 Å². The fourth-order valence-corrected chi connectivity index (χ4v) is 2.90. The third-order valence-electron chi connectivity index (χ3n) is 3.71. The summed E-state index contributed by atoms with van der Waals surface area (Å²) in [7, 11) is 0. The lowest BCUT2D eigenvalue weighted by Crippen LogP contribution is -2.43. The minimum Gasteiger partial charge on any atom is -0.342 e. The number of hydrogen-bond donors (Lipinski definition) is 0. The van der Waals surface area contributed by atoms with E-state index in [2.05, 4.69) is 29.8 Å². The molecule has 0 spiro atoms. The van der Waals surface area contributed by atoms with Gasteiger partial charge in [-0.15, -0.1) is 0 Å². The summed E-state index contributed by atoms with van der Waals surface area (Å²) in [4.78, 5) is 14.5. The highest BCUT2D eigenvalue weighted by atomic mass is 79.9. The van der Waals surface area contributed by atoms with Crippen molar-refractivity contribution in [3.8, 4) is 0 Å². The van der Waals surface area contributed by atoms with Crippen LogP contribution in [0.1, 0.15) is 58.8 Å². The van der Waals surface area contributed by atoms with Crippen molar-refractivity contribution >= 4 is 21.8 Å². The van der Waals surface area contributed by atoms with Crippen molar-refractivity contribution in [3.05, 3.63) is 0 Å². The Morgan fingerprint density at radius 1 is 1.29 bits per heavy atom. The Labute approximate surface area is 114 Å². The molecular weight excluding hydrogens is 278 g/mol. The van der Waals surface area contributed by atoms with Gasteiger partial charge in [0, 0.05) is 24.3 Å². The van der Waals surface area contributed by atoms with E-state index in [1.807, 2.05) is 4.90 Å². The molecule has 3 heteroatoms. The van der Waals surface area contributed by atoms with Crippen LogP contribution in [0.2, 0.25) is 0 Å². The Hall–Kier alpha value is -0.0500. The molecule has 0 aromatic heterocycles. The standard InChI is InChI=1S/C14H26BrNO/c1-3-4-5-6-7-8-14(17)16-10-9-12(2)13(15)11-16/h12-13H,3-11H2,1-2H3. The highest BCUT2D eigenvalue weighted by Crippen LogP contribution is 2.23. The summed E-state index contributed by atoms with van der Waals surface area (Å²) in [5, 5.41) is 0. The van der Waals surface area contributed by atoms with Crippen LogP contribution in [0.4, 0.5) is 0 Å². The maximum absolute atomic E-state index is 12.0. The summed E-state index contributed by atoms with van der Waals surface area (Å²) >= 11 is 3.67. The Balaban J connectivity index is 2.15. The minimum atomic E-state index is 0.359. The third-order valence-corrected chi connectivity index (χ3v) is 4.91. The number of rotatable bonds is 6. The molecule has 1 amide bonds. The first kappa shape index (κ1) is 15.0. The zero-order chi connectivity index (χ0) is 12.7. The molecule has 2 nitrogen and oxygen atoms in total. The van der Waals surface area contributed by atoms with Crippen LogP contribution in [0.25, 0.3) is 0 Å². The first-order valence-electron chi connectivity index (χ1n) is 7.07. The number of hydrogen-bond acceptors (Lipinski definition) is 1. The second-order valence-corrected chi connectivity index (χ2v) is 6.46. The van der Waals surface area contributed by atoms with Crippen molar-refractivity contribution in [1.29, 1.82) is 0 Å². The predicted octanol–water partition coefficient (Wildman–Crippen LogP) is 3.98. The SMILES string of the molecule is CCCCCCCC(=O)N1CCC(C)C(Br)C1. The molecule has 1 aliphatic heterocycles. The summed E-state index contributed by atoms with van der Waals surface area (Å²) in [6, 6.07) is 0. The van der Waals surface area contributed by atoms with E-state index in [-0.39, 0.29) is 0 Å². The van der Waals surface area contributed by atoms with Gasteiger partial charge in [0.15, 0.2) is 0 Å². The molecule has 1 saturated heterocycles. The predicted molar refractivity (Wildman–Crippen MR) is 76.5 cm³/mol. The molecular formula is C14H26BrNO. The van der Waals surface area contributed by atoms with Crippen LogP contribution in [0.5, 0.6) is 0 Å². The van der Waals surface area contributed by atoms with E-state index >= 15 is 0 Å².